The highest BCUT2D eigenvalue weighted by Gasteiger charge is 2.21. The second-order valence-electron chi connectivity index (χ2n) is 4.95. The van der Waals surface area contributed by atoms with Gasteiger partial charge < -0.3 is 4.90 Å². The van der Waals surface area contributed by atoms with Crippen LogP contribution in [0.15, 0.2) is 36.9 Å². The molecule has 1 aromatic carbocycles. The smallest absolute Gasteiger partial charge is 0.254 e. The molecule has 1 rings (SSSR count). The molecule has 0 radical (unpaired) electrons. The fourth-order valence-electron chi connectivity index (χ4n) is 2.04. The zero-order valence-electron chi connectivity index (χ0n) is 12.1. The van der Waals surface area contributed by atoms with Crippen molar-refractivity contribution in [3.05, 3.63) is 48.0 Å². The molecule has 0 spiro atoms. The summed E-state index contributed by atoms with van der Waals surface area (Å²) in [5, 5.41) is 0. The fraction of sp³-hybridized carbons (Fsp3) is 0.353. The van der Waals surface area contributed by atoms with Crippen molar-refractivity contribution in [2.75, 3.05) is 0 Å². The predicted octanol–water partition coefficient (Wildman–Crippen LogP) is 3.48. The maximum absolute atomic E-state index is 12.4. The molecule has 0 bridgehead atoms. The molecular weight excluding hydrogens is 234 g/mol. The van der Waals surface area contributed by atoms with E-state index in [1.807, 2.05) is 56.9 Å². The van der Waals surface area contributed by atoms with Gasteiger partial charge in [-0.05, 0) is 58.0 Å². The zero-order valence-corrected chi connectivity index (χ0v) is 12.1. The Balaban J connectivity index is 2.97. The van der Waals surface area contributed by atoms with Gasteiger partial charge in [0.1, 0.15) is 0 Å². The molecule has 0 aliphatic carbocycles. The van der Waals surface area contributed by atoms with E-state index < -0.39 is 0 Å². The molecule has 2 nitrogen and oxygen atoms in total. The minimum Gasteiger partial charge on any atom is -0.334 e. The molecule has 1 amide bonds. The van der Waals surface area contributed by atoms with Crippen molar-refractivity contribution in [3.63, 3.8) is 0 Å². The molecule has 0 unspecified atom stereocenters. The lowest BCUT2D eigenvalue weighted by atomic mass is 10.1. The van der Waals surface area contributed by atoms with Crippen LogP contribution < -0.4 is 0 Å². The summed E-state index contributed by atoms with van der Waals surface area (Å²) in [6.07, 6.45) is 1.55. The van der Waals surface area contributed by atoms with Gasteiger partial charge in [-0.1, -0.05) is 18.4 Å². The Morgan fingerprint density at radius 2 is 1.68 bits per heavy atom. The molecule has 0 aliphatic rings. The predicted molar refractivity (Wildman–Crippen MR) is 80.0 cm³/mol. The molecule has 2 heteroatoms. The molecule has 0 heterocycles. The van der Waals surface area contributed by atoms with Crippen LogP contribution in [0.2, 0.25) is 0 Å². The van der Waals surface area contributed by atoms with Crippen molar-refractivity contribution in [2.45, 2.75) is 39.8 Å². The van der Waals surface area contributed by atoms with Gasteiger partial charge in [-0.15, -0.1) is 0 Å². The summed E-state index contributed by atoms with van der Waals surface area (Å²) >= 11 is 0. The number of hydrogen-bond acceptors (Lipinski definition) is 1. The monoisotopic (exact) mass is 255 g/mol. The molecule has 0 fully saturated rings. The third-order valence-corrected chi connectivity index (χ3v) is 2.80. The lowest BCUT2D eigenvalue weighted by Gasteiger charge is -2.30. The Bertz CT molecular complexity index is 492. The van der Waals surface area contributed by atoms with E-state index in [0.29, 0.717) is 5.56 Å². The lowest BCUT2D eigenvalue weighted by molar-refractivity contribution is 0.0644. The summed E-state index contributed by atoms with van der Waals surface area (Å²) < 4.78 is 0. The molecule has 0 aromatic heterocycles. The van der Waals surface area contributed by atoms with Crippen LogP contribution in [0.1, 0.15) is 43.6 Å². The van der Waals surface area contributed by atoms with Crippen LogP contribution in [0.4, 0.5) is 0 Å². The van der Waals surface area contributed by atoms with Crippen molar-refractivity contribution in [2.24, 2.45) is 0 Å². The molecule has 0 N–H and O–H groups in total. The van der Waals surface area contributed by atoms with Crippen LogP contribution in [0.25, 0.3) is 0 Å². The van der Waals surface area contributed by atoms with Crippen molar-refractivity contribution < 1.29 is 4.79 Å². The lowest BCUT2D eigenvalue weighted by Crippen LogP contribution is -2.42. The third-order valence-electron chi connectivity index (χ3n) is 2.80. The molecule has 0 saturated carbocycles. The SMILES string of the molecule is C=CC#Cc1ccc(C(=O)N(C(C)C)C(C)C)cc1. The number of benzene rings is 1. The Kier molecular flexibility index (Phi) is 5.38. The summed E-state index contributed by atoms with van der Waals surface area (Å²) in [5.41, 5.74) is 1.59. The molecular formula is C17H21NO. The van der Waals surface area contributed by atoms with Crippen LogP contribution in [-0.4, -0.2) is 22.9 Å². The Hall–Kier alpha value is -2.01. The van der Waals surface area contributed by atoms with Crippen LogP contribution in [0, 0.1) is 11.8 Å². The van der Waals surface area contributed by atoms with E-state index in [2.05, 4.69) is 18.4 Å². The standard InChI is InChI=1S/C17H21NO/c1-6-7-8-15-9-11-16(12-10-15)17(19)18(13(2)3)14(4)5/h6,9-14H,1H2,2-5H3. The summed E-state index contributed by atoms with van der Waals surface area (Å²) in [4.78, 5) is 14.3. The van der Waals surface area contributed by atoms with Gasteiger partial charge in [0.15, 0.2) is 0 Å². The molecule has 1 aromatic rings. The highest BCUT2D eigenvalue weighted by atomic mass is 16.2. The van der Waals surface area contributed by atoms with E-state index in [4.69, 9.17) is 0 Å². The Morgan fingerprint density at radius 1 is 1.16 bits per heavy atom. The van der Waals surface area contributed by atoms with E-state index >= 15 is 0 Å². The first-order valence-electron chi connectivity index (χ1n) is 6.52. The molecule has 100 valence electrons. The largest absolute Gasteiger partial charge is 0.334 e. The van der Waals surface area contributed by atoms with Gasteiger partial charge in [0.25, 0.3) is 5.91 Å². The van der Waals surface area contributed by atoms with Crippen LogP contribution >= 0.6 is 0 Å². The fourth-order valence-corrected chi connectivity index (χ4v) is 2.04. The number of hydrogen-bond donors (Lipinski definition) is 0. The number of rotatable bonds is 3. The van der Waals surface area contributed by atoms with Crippen LogP contribution in [0.3, 0.4) is 0 Å². The van der Waals surface area contributed by atoms with E-state index in [-0.39, 0.29) is 18.0 Å². The highest BCUT2D eigenvalue weighted by molar-refractivity contribution is 5.94. The summed E-state index contributed by atoms with van der Waals surface area (Å²) in [5.74, 6) is 5.80. The van der Waals surface area contributed by atoms with Gasteiger partial charge in [-0.3, -0.25) is 4.79 Å². The first kappa shape index (κ1) is 15.0. The maximum Gasteiger partial charge on any atom is 0.254 e. The summed E-state index contributed by atoms with van der Waals surface area (Å²) in [6, 6.07) is 7.76. The number of allylic oxidation sites excluding steroid dienone is 1. The van der Waals surface area contributed by atoms with E-state index in [9.17, 15) is 4.79 Å². The number of amides is 1. The second-order valence-corrected chi connectivity index (χ2v) is 4.95. The minimum absolute atomic E-state index is 0.0632. The second kappa shape index (κ2) is 6.80. The summed E-state index contributed by atoms with van der Waals surface area (Å²) in [7, 11) is 0. The van der Waals surface area contributed by atoms with Gasteiger partial charge in [0.05, 0.1) is 0 Å². The van der Waals surface area contributed by atoms with Gasteiger partial charge in [0, 0.05) is 23.2 Å². The van der Waals surface area contributed by atoms with Crippen LogP contribution in [0.5, 0.6) is 0 Å². The Morgan fingerprint density at radius 3 is 2.11 bits per heavy atom. The van der Waals surface area contributed by atoms with E-state index in [0.717, 1.165) is 5.56 Å². The molecule has 0 atom stereocenters. The summed E-state index contributed by atoms with van der Waals surface area (Å²) in [6.45, 7) is 11.7. The topological polar surface area (TPSA) is 20.3 Å². The number of carbonyl (C=O) groups is 1. The third kappa shape index (κ3) is 3.99. The van der Waals surface area contributed by atoms with Crippen molar-refractivity contribution >= 4 is 5.91 Å². The number of nitrogens with zero attached hydrogens (tertiary/aromatic N) is 1. The van der Waals surface area contributed by atoms with Crippen molar-refractivity contribution in [3.8, 4) is 11.8 Å². The van der Waals surface area contributed by atoms with Gasteiger partial charge in [-0.2, -0.15) is 0 Å². The maximum atomic E-state index is 12.4. The first-order chi connectivity index (χ1) is 8.97. The molecule has 19 heavy (non-hydrogen) atoms. The van der Waals surface area contributed by atoms with Gasteiger partial charge >= 0.3 is 0 Å². The Labute approximate surface area is 116 Å². The van der Waals surface area contributed by atoms with Crippen LogP contribution in [-0.2, 0) is 0 Å². The molecule has 0 aliphatic heterocycles. The van der Waals surface area contributed by atoms with Gasteiger partial charge in [0.2, 0.25) is 0 Å². The normalized spacial score (nSPS) is 10.0. The minimum atomic E-state index is 0.0632. The van der Waals surface area contributed by atoms with Crippen molar-refractivity contribution in [1.82, 2.24) is 4.90 Å². The van der Waals surface area contributed by atoms with E-state index in [1.165, 1.54) is 0 Å². The van der Waals surface area contributed by atoms with Gasteiger partial charge in [-0.25, -0.2) is 0 Å². The highest BCUT2D eigenvalue weighted by Crippen LogP contribution is 2.13. The average Bonchev–Trinajstić information content (AvgIpc) is 2.36. The quantitative estimate of drug-likeness (QED) is 0.757. The first-order valence-corrected chi connectivity index (χ1v) is 6.52. The zero-order chi connectivity index (χ0) is 14.4. The molecule has 0 saturated heterocycles. The van der Waals surface area contributed by atoms with Crippen molar-refractivity contribution in [1.29, 1.82) is 0 Å². The average molecular weight is 255 g/mol. The number of carbonyl (C=O) groups excluding carboxylic acids is 1. The van der Waals surface area contributed by atoms with E-state index in [1.54, 1.807) is 6.08 Å².